The van der Waals surface area contributed by atoms with Crippen LogP contribution in [0.1, 0.15) is 27.0 Å². The molecule has 0 saturated heterocycles. The number of sulfonamides is 1. The zero-order valence-electron chi connectivity index (χ0n) is 16.7. The molecule has 0 aliphatic carbocycles. The van der Waals surface area contributed by atoms with Gasteiger partial charge < -0.3 is 9.88 Å². The summed E-state index contributed by atoms with van der Waals surface area (Å²) in [5, 5.41) is 10.5. The first kappa shape index (κ1) is 21.2. The van der Waals surface area contributed by atoms with Gasteiger partial charge in [-0.05, 0) is 41.5 Å². The third kappa shape index (κ3) is 4.66. The van der Waals surface area contributed by atoms with E-state index in [1.807, 2.05) is 12.3 Å². The van der Waals surface area contributed by atoms with Crippen molar-refractivity contribution in [2.24, 2.45) is 5.14 Å². The van der Waals surface area contributed by atoms with Crippen LogP contribution >= 0.6 is 0 Å². The van der Waals surface area contributed by atoms with Gasteiger partial charge in [-0.2, -0.15) is 0 Å². The maximum absolute atomic E-state index is 12.5. The van der Waals surface area contributed by atoms with E-state index >= 15 is 0 Å². The van der Waals surface area contributed by atoms with E-state index in [4.69, 9.17) is 5.14 Å². The lowest BCUT2D eigenvalue weighted by Crippen LogP contribution is -2.37. The van der Waals surface area contributed by atoms with E-state index in [2.05, 4.69) is 15.6 Å². The first-order chi connectivity index (χ1) is 15.3. The Morgan fingerprint density at radius 3 is 2.53 bits per heavy atom. The third-order valence-electron chi connectivity index (χ3n) is 4.82. The second-order valence-corrected chi connectivity index (χ2v) is 8.60. The van der Waals surface area contributed by atoms with Gasteiger partial charge in [0.05, 0.1) is 16.8 Å². The number of hydrogen-bond donors (Lipinski definition) is 3. The predicted molar refractivity (Wildman–Crippen MR) is 119 cm³/mol. The van der Waals surface area contributed by atoms with Crippen LogP contribution in [0.3, 0.4) is 0 Å². The summed E-state index contributed by atoms with van der Waals surface area (Å²) in [5.41, 5.74) is 2.83. The number of carbonyl (C=O) groups excluding carboxylic acids is 2. The minimum atomic E-state index is -3.75. The number of nitrogens with one attached hydrogen (secondary N) is 2. The van der Waals surface area contributed by atoms with Crippen LogP contribution in [0.15, 0.2) is 72.3 Å². The highest BCUT2D eigenvalue weighted by Gasteiger charge is 2.27. The van der Waals surface area contributed by atoms with Crippen molar-refractivity contribution in [3.63, 3.8) is 0 Å². The quantitative estimate of drug-likeness (QED) is 0.386. The number of carbonyl (C=O) groups is 2. The topological polar surface area (TPSA) is 136 Å². The summed E-state index contributed by atoms with van der Waals surface area (Å²) < 4.78 is 24.5. The maximum Gasteiger partial charge on any atom is 0.260 e. The Kier molecular flexibility index (Phi) is 5.71. The number of nitrogens with zero attached hydrogens (tertiary/aromatic N) is 2. The van der Waals surface area contributed by atoms with Gasteiger partial charge in [-0.3, -0.25) is 14.9 Å². The van der Waals surface area contributed by atoms with E-state index in [0.717, 1.165) is 11.1 Å². The molecular weight excluding hydrogens is 430 g/mol. The molecule has 3 aromatic rings. The molecule has 0 atom stereocenters. The second kappa shape index (κ2) is 8.61. The summed E-state index contributed by atoms with van der Waals surface area (Å²) in [6.07, 6.45) is 10.3. The molecule has 10 heteroatoms. The fourth-order valence-corrected chi connectivity index (χ4v) is 3.70. The normalized spacial score (nSPS) is 15.1. The van der Waals surface area contributed by atoms with Crippen molar-refractivity contribution in [2.75, 3.05) is 0 Å². The summed E-state index contributed by atoms with van der Waals surface area (Å²) in [7, 11) is -3.75. The van der Waals surface area contributed by atoms with Crippen molar-refractivity contribution in [3.05, 3.63) is 89.6 Å². The number of primary sulfonamides is 1. The second-order valence-electron chi connectivity index (χ2n) is 7.04. The molecule has 4 N–H and O–H groups in total. The molecule has 0 fully saturated rings. The van der Waals surface area contributed by atoms with E-state index in [0.29, 0.717) is 23.2 Å². The van der Waals surface area contributed by atoms with Crippen LogP contribution in [-0.4, -0.2) is 29.8 Å². The first-order valence-electron chi connectivity index (χ1n) is 9.52. The Morgan fingerprint density at radius 2 is 1.84 bits per heavy atom. The number of imidazole rings is 1. The number of aromatic nitrogens is 2. The minimum Gasteiger partial charge on any atom is -0.386 e. The Labute approximate surface area is 184 Å². The Balaban J connectivity index is 1.56. The molecule has 32 heavy (non-hydrogen) atoms. The highest BCUT2D eigenvalue weighted by atomic mass is 32.2. The molecule has 0 spiro atoms. The smallest absolute Gasteiger partial charge is 0.260 e. The summed E-state index contributed by atoms with van der Waals surface area (Å²) >= 11 is 0. The van der Waals surface area contributed by atoms with Crippen LogP contribution in [0.2, 0.25) is 0 Å². The van der Waals surface area contributed by atoms with Gasteiger partial charge in [0.25, 0.3) is 11.8 Å². The summed E-state index contributed by atoms with van der Waals surface area (Å²) in [4.78, 5) is 28.7. The Bertz CT molecular complexity index is 1340. The number of fused-ring (bicyclic) bond motifs is 1. The molecule has 2 amide bonds. The molecule has 4 rings (SSSR count). The zero-order chi connectivity index (χ0) is 22.7. The Hall–Kier alpha value is -4.02. The van der Waals surface area contributed by atoms with Crippen molar-refractivity contribution in [1.82, 2.24) is 20.2 Å². The molecule has 9 nitrogen and oxygen atoms in total. The number of hydrogen-bond acceptors (Lipinski definition) is 6. The molecule has 1 aliphatic rings. The zero-order valence-corrected chi connectivity index (χ0v) is 17.5. The van der Waals surface area contributed by atoms with Gasteiger partial charge in [0.1, 0.15) is 0 Å². The van der Waals surface area contributed by atoms with Crippen LogP contribution in [-0.2, 0) is 21.4 Å². The Morgan fingerprint density at radius 1 is 1.06 bits per heavy atom. The molecule has 2 heterocycles. The third-order valence-corrected chi connectivity index (χ3v) is 5.75. The molecule has 0 radical (unpaired) electrons. The average Bonchev–Trinajstić information content (AvgIpc) is 3.28. The van der Waals surface area contributed by atoms with Gasteiger partial charge in [0, 0.05) is 42.5 Å². The number of benzene rings is 2. The number of imide groups is 1. The lowest BCUT2D eigenvalue weighted by atomic mass is 9.93. The highest BCUT2D eigenvalue weighted by Crippen LogP contribution is 2.25. The molecule has 2 aromatic carbocycles. The van der Waals surface area contributed by atoms with Gasteiger partial charge >= 0.3 is 0 Å². The van der Waals surface area contributed by atoms with Gasteiger partial charge in [-0.15, -0.1) is 0 Å². The fraction of sp³-hybridized carbons (Fsp3) is 0.0455. The largest absolute Gasteiger partial charge is 0.386 e. The van der Waals surface area contributed by atoms with Crippen molar-refractivity contribution >= 4 is 39.7 Å². The molecule has 0 bridgehead atoms. The lowest BCUT2D eigenvalue weighted by Gasteiger charge is -2.19. The molecule has 0 saturated carbocycles. The van der Waals surface area contributed by atoms with Gasteiger partial charge in [-0.1, -0.05) is 18.2 Å². The van der Waals surface area contributed by atoms with Crippen LogP contribution < -0.4 is 15.8 Å². The average molecular weight is 449 g/mol. The predicted octanol–water partition coefficient (Wildman–Crippen LogP) is 1.56. The van der Waals surface area contributed by atoms with Crippen LogP contribution in [0.4, 0.5) is 0 Å². The molecule has 0 unspecified atom stereocenters. The van der Waals surface area contributed by atoms with E-state index < -0.39 is 21.8 Å². The monoisotopic (exact) mass is 449 g/mol. The molecule has 162 valence electrons. The van der Waals surface area contributed by atoms with E-state index in [1.165, 1.54) is 18.3 Å². The van der Waals surface area contributed by atoms with Crippen molar-refractivity contribution in [2.45, 2.75) is 11.4 Å². The summed E-state index contributed by atoms with van der Waals surface area (Å²) in [6.45, 7) is 0.338. The van der Waals surface area contributed by atoms with Crippen molar-refractivity contribution < 1.29 is 18.0 Å². The van der Waals surface area contributed by atoms with Crippen molar-refractivity contribution in [1.29, 1.82) is 0 Å². The first-order valence-corrected chi connectivity index (χ1v) is 11.1. The van der Waals surface area contributed by atoms with Gasteiger partial charge in [0.2, 0.25) is 10.0 Å². The number of rotatable bonds is 6. The van der Waals surface area contributed by atoms with Crippen LogP contribution in [0.5, 0.6) is 0 Å². The van der Waals surface area contributed by atoms with E-state index in [-0.39, 0.29) is 4.90 Å². The SMILES string of the molecule is NS(=O)(=O)c1ccc(CNC=C2C(=O)NC(=O)c3ccc(C=Cn4ccnc4)cc32)cc1. The van der Waals surface area contributed by atoms with Gasteiger partial charge in [0.15, 0.2) is 0 Å². The van der Waals surface area contributed by atoms with E-state index in [1.54, 1.807) is 53.6 Å². The van der Waals surface area contributed by atoms with Gasteiger partial charge in [-0.25, -0.2) is 18.5 Å². The van der Waals surface area contributed by atoms with Crippen molar-refractivity contribution in [3.8, 4) is 0 Å². The fourth-order valence-electron chi connectivity index (χ4n) is 3.19. The van der Waals surface area contributed by atoms with Crippen LogP contribution in [0.25, 0.3) is 17.8 Å². The van der Waals surface area contributed by atoms with E-state index in [9.17, 15) is 18.0 Å². The standard InChI is InChI=1S/C22H19N5O4S/c23-32(30,31)17-4-1-16(2-5-17)12-25-13-20-19-11-15(7-9-27-10-8-24-14-27)3-6-18(19)21(28)26-22(20)29/h1-11,13-14,25H,12H2,(H2,23,30,31)(H,26,28,29). The molecular formula is C22H19N5O4S. The highest BCUT2D eigenvalue weighted by molar-refractivity contribution is 7.89. The number of amides is 2. The number of nitrogens with two attached hydrogens (primary N) is 1. The summed E-state index contributed by atoms with van der Waals surface area (Å²) in [5.74, 6) is -0.957. The summed E-state index contributed by atoms with van der Waals surface area (Å²) in [6, 6.07) is 11.3. The minimum absolute atomic E-state index is 0.0231. The molecule has 1 aromatic heterocycles. The van der Waals surface area contributed by atoms with Crippen LogP contribution in [0, 0.1) is 0 Å². The maximum atomic E-state index is 12.5. The molecule has 1 aliphatic heterocycles. The lowest BCUT2D eigenvalue weighted by molar-refractivity contribution is -0.114.